The van der Waals surface area contributed by atoms with Gasteiger partial charge in [0.15, 0.2) is 0 Å². The maximum atomic E-state index is 13.5. The van der Waals surface area contributed by atoms with Crippen LogP contribution in [0.15, 0.2) is 89.5 Å². The van der Waals surface area contributed by atoms with E-state index >= 15 is 0 Å². The summed E-state index contributed by atoms with van der Waals surface area (Å²) in [5, 5.41) is 13.1. The molecular weight excluding hydrogens is 466 g/mol. The normalized spacial score (nSPS) is 16.8. The molecule has 1 fully saturated rings. The predicted molar refractivity (Wildman–Crippen MR) is 136 cm³/mol. The van der Waals surface area contributed by atoms with Gasteiger partial charge >= 0.3 is 0 Å². The van der Waals surface area contributed by atoms with Crippen molar-refractivity contribution in [1.82, 2.24) is 5.32 Å². The molecule has 1 heterocycles. The lowest BCUT2D eigenvalue weighted by molar-refractivity contribution is -0.117. The maximum Gasteiger partial charge on any atom is 0.264 e. The van der Waals surface area contributed by atoms with E-state index in [1.165, 1.54) is 16.7 Å². The molecule has 1 aliphatic rings. The van der Waals surface area contributed by atoms with Crippen molar-refractivity contribution in [1.29, 1.82) is 5.26 Å². The van der Waals surface area contributed by atoms with Crippen LogP contribution < -0.4 is 10.2 Å². The molecule has 0 radical (unpaired) electrons. The quantitative estimate of drug-likeness (QED) is 0.373. The van der Waals surface area contributed by atoms with Crippen LogP contribution in [0.4, 0.5) is 5.69 Å². The zero-order valence-electron chi connectivity index (χ0n) is 18.5. The second-order valence-corrected chi connectivity index (χ2v) is 9.47. The lowest BCUT2D eigenvalue weighted by Gasteiger charge is -2.19. The number of halogens is 1. The van der Waals surface area contributed by atoms with Gasteiger partial charge in [0.1, 0.15) is 16.7 Å². The van der Waals surface area contributed by atoms with Crippen LogP contribution >= 0.6 is 23.4 Å². The number of nitriles is 1. The summed E-state index contributed by atoms with van der Waals surface area (Å²) in [5.74, 6) is -0.704. The largest absolute Gasteiger partial charge is 0.347 e. The molecule has 0 spiro atoms. The summed E-state index contributed by atoms with van der Waals surface area (Å²) in [6, 6.07) is 26.3. The topological polar surface area (TPSA) is 73.2 Å². The van der Waals surface area contributed by atoms with Crippen molar-refractivity contribution in [2.45, 2.75) is 25.1 Å². The lowest BCUT2D eigenvalue weighted by Crippen LogP contribution is -2.32. The van der Waals surface area contributed by atoms with E-state index in [9.17, 15) is 14.9 Å². The summed E-state index contributed by atoms with van der Waals surface area (Å²) in [6.07, 6.45) is 0.388. The summed E-state index contributed by atoms with van der Waals surface area (Å²) in [4.78, 5) is 28.0. The van der Waals surface area contributed by atoms with Crippen LogP contribution in [0.2, 0.25) is 5.02 Å². The number of anilines is 1. The first-order valence-electron chi connectivity index (χ1n) is 10.7. The Morgan fingerprint density at radius 3 is 2.41 bits per heavy atom. The molecule has 1 N–H and O–H groups in total. The van der Waals surface area contributed by atoms with Crippen molar-refractivity contribution in [3.8, 4) is 6.07 Å². The zero-order chi connectivity index (χ0) is 24.1. The molecule has 0 bridgehead atoms. The molecular formula is C27H22ClN3O2S. The number of aryl methyl sites for hydroxylation is 1. The van der Waals surface area contributed by atoms with Crippen molar-refractivity contribution in [2.75, 3.05) is 4.90 Å². The Morgan fingerprint density at radius 1 is 1.06 bits per heavy atom. The summed E-state index contributed by atoms with van der Waals surface area (Å²) in [6.45, 7) is 2.24. The van der Waals surface area contributed by atoms with Gasteiger partial charge in [-0.25, -0.2) is 0 Å². The number of carbonyl (C=O) groups excluding carboxylic acids is 2. The Labute approximate surface area is 208 Å². The van der Waals surface area contributed by atoms with E-state index in [0.717, 1.165) is 16.7 Å². The fraction of sp³-hybridized carbons (Fsp3) is 0.148. The lowest BCUT2D eigenvalue weighted by atomic mass is 10.1. The first-order chi connectivity index (χ1) is 16.5. The van der Waals surface area contributed by atoms with Crippen molar-refractivity contribution in [2.24, 2.45) is 0 Å². The molecule has 0 saturated carbocycles. The molecule has 3 aromatic rings. The van der Waals surface area contributed by atoms with Crippen molar-refractivity contribution >= 4 is 40.9 Å². The molecule has 2 amide bonds. The number of nitrogens with one attached hydrogen (secondary N) is 1. The minimum absolute atomic E-state index is 0.0866. The summed E-state index contributed by atoms with van der Waals surface area (Å²) >= 11 is 7.56. The third kappa shape index (κ3) is 5.17. The highest BCUT2D eigenvalue weighted by molar-refractivity contribution is 8.05. The Balaban J connectivity index is 1.68. The highest BCUT2D eigenvalue weighted by Crippen LogP contribution is 2.42. The number of thioether (sulfide) groups is 1. The van der Waals surface area contributed by atoms with E-state index in [-0.39, 0.29) is 18.0 Å². The van der Waals surface area contributed by atoms with Gasteiger partial charge in [0.25, 0.3) is 5.91 Å². The van der Waals surface area contributed by atoms with Crippen LogP contribution in [0.1, 0.15) is 16.7 Å². The van der Waals surface area contributed by atoms with Gasteiger partial charge < -0.3 is 5.32 Å². The average molecular weight is 488 g/mol. The zero-order valence-corrected chi connectivity index (χ0v) is 20.1. The number of amides is 2. The first-order valence-corrected chi connectivity index (χ1v) is 12.0. The van der Waals surface area contributed by atoms with Crippen LogP contribution in [-0.4, -0.2) is 17.1 Å². The van der Waals surface area contributed by atoms with Gasteiger partial charge in [0, 0.05) is 17.3 Å². The number of hydrogen-bond acceptors (Lipinski definition) is 4. The molecule has 1 aliphatic heterocycles. The molecule has 1 saturated heterocycles. The first kappa shape index (κ1) is 23.6. The van der Waals surface area contributed by atoms with Gasteiger partial charge in [-0.2, -0.15) is 5.26 Å². The molecule has 0 aromatic heterocycles. The van der Waals surface area contributed by atoms with Crippen molar-refractivity contribution in [3.05, 3.63) is 111 Å². The summed E-state index contributed by atoms with van der Waals surface area (Å²) < 4.78 is 0. The number of carbonyl (C=O) groups is 2. The third-order valence-corrected chi connectivity index (χ3v) is 7.09. The minimum Gasteiger partial charge on any atom is -0.347 e. The Kier molecular flexibility index (Phi) is 7.36. The molecule has 170 valence electrons. The Hall–Kier alpha value is -3.53. The van der Waals surface area contributed by atoms with E-state index in [1.54, 1.807) is 6.07 Å². The van der Waals surface area contributed by atoms with Gasteiger partial charge in [-0.05, 0) is 42.7 Å². The predicted octanol–water partition coefficient (Wildman–Crippen LogP) is 5.39. The highest BCUT2D eigenvalue weighted by atomic mass is 35.5. The molecule has 3 aromatic carbocycles. The van der Waals surface area contributed by atoms with Crippen LogP contribution in [0.5, 0.6) is 0 Å². The molecule has 1 atom stereocenters. The van der Waals surface area contributed by atoms with Gasteiger partial charge in [-0.3, -0.25) is 14.5 Å². The van der Waals surface area contributed by atoms with Crippen LogP contribution in [0, 0.1) is 18.3 Å². The maximum absolute atomic E-state index is 13.5. The molecule has 7 heteroatoms. The van der Waals surface area contributed by atoms with E-state index in [2.05, 4.69) is 5.32 Å². The number of nitrogens with zero attached hydrogens (tertiary/aromatic N) is 2. The number of hydrogen-bond donors (Lipinski definition) is 1. The van der Waals surface area contributed by atoms with Crippen LogP contribution in [0.25, 0.3) is 0 Å². The molecule has 0 unspecified atom stereocenters. The molecule has 4 rings (SSSR count). The molecule has 5 nitrogen and oxygen atoms in total. The third-order valence-electron chi connectivity index (χ3n) is 5.46. The van der Waals surface area contributed by atoms with E-state index in [1.807, 2.05) is 85.8 Å². The molecule has 34 heavy (non-hydrogen) atoms. The van der Waals surface area contributed by atoms with E-state index < -0.39 is 11.2 Å². The molecule has 0 aliphatic carbocycles. The van der Waals surface area contributed by atoms with Gasteiger partial charge in [-0.1, -0.05) is 89.6 Å². The van der Waals surface area contributed by atoms with E-state index in [4.69, 9.17) is 11.6 Å². The smallest absolute Gasteiger partial charge is 0.264 e. The second kappa shape index (κ2) is 10.6. The van der Waals surface area contributed by atoms with Crippen molar-refractivity contribution < 1.29 is 9.59 Å². The highest BCUT2D eigenvalue weighted by Gasteiger charge is 2.41. The fourth-order valence-electron chi connectivity index (χ4n) is 3.65. The number of benzene rings is 3. The average Bonchev–Trinajstić information content (AvgIpc) is 3.16. The van der Waals surface area contributed by atoms with Crippen LogP contribution in [-0.2, 0) is 22.6 Å². The Morgan fingerprint density at radius 2 is 1.74 bits per heavy atom. The van der Waals surface area contributed by atoms with Gasteiger partial charge in [0.2, 0.25) is 5.91 Å². The summed E-state index contributed by atoms with van der Waals surface area (Å²) in [5.41, 5.74) is 3.33. The fourth-order valence-corrected chi connectivity index (χ4v) is 5.15. The SMILES string of the molecule is Cc1ccc(N2C(=O)[C@@H](Cc3ccccc3Cl)S/C2=C(\C#N)C(=O)NCc2ccccc2)cc1. The van der Waals surface area contributed by atoms with E-state index in [0.29, 0.717) is 22.2 Å². The van der Waals surface area contributed by atoms with Crippen LogP contribution in [0.3, 0.4) is 0 Å². The minimum atomic E-state index is -0.517. The van der Waals surface area contributed by atoms with Gasteiger partial charge in [-0.15, -0.1) is 0 Å². The van der Waals surface area contributed by atoms with Gasteiger partial charge in [0.05, 0.1) is 5.25 Å². The Bertz CT molecular complexity index is 1280. The van der Waals surface area contributed by atoms with Crippen molar-refractivity contribution in [3.63, 3.8) is 0 Å². The monoisotopic (exact) mass is 487 g/mol. The standard InChI is InChI=1S/C27H22ClN3O2S/c1-18-11-13-21(14-12-18)31-26(33)24(15-20-9-5-6-10-23(20)28)34-27(31)22(16-29)25(32)30-17-19-7-3-2-4-8-19/h2-14,24H,15,17H2,1H3,(H,30,32)/b27-22+/t24-/m1/s1. The second-order valence-electron chi connectivity index (χ2n) is 7.87. The number of rotatable bonds is 6. The summed E-state index contributed by atoms with van der Waals surface area (Å²) in [7, 11) is 0.